The van der Waals surface area contributed by atoms with E-state index < -0.39 is 0 Å². The Labute approximate surface area is 189 Å². The van der Waals surface area contributed by atoms with E-state index in [-0.39, 0.29) is 5.91 Å². The molecule has 1 saturated heterocycles. The number of aromatic nitrogens is 2. The van der Waals surface area contributed by atoms with E-state index in [1.807, 2.05) is 77.0 Å². The van der Waals surface area contributed by atoms with Crippen LogP contribution in [0.1, 0.15) is 16.2 Å². The summed E-state index contributed by atoms with van der Waals surface area (Å²) in [5.74, 6) is 2.74. The van der Waals surface area contributed by atoms with Gasteiger partial charge in [-0.25, -0.2) is 0 Å². The van der Waals surface area contributed by atoms with Crippen LogP contribution < -0.4 is 4.74 Å². The molecule has 1 aliphatic rings. The van der Waals surface area contributed by atoms with Crippen LogP contribution in [0.25, 0.3) is 10.7 Å². The summed E-state index contributed by atoms with van der Waals surface area (Å²) in [6, 6.07) is 20.8. The zero-order valence-corrected chi connectivity index (χ0v) is 18.2. The minimum Gasteiger partial charge on any atom is -0.457 e. The first-order chi connectivity index (χ1) is 15.7. The van der Waals surface area contributed by atoms with Crippen molar-refractivity contribution in [3.8, 4) is 22.2 Å². The monoisotopic (exact) mass is 446 g/mol. The van der Waals surface area contributed by atoms with E-state index >= 15 is 0 Å². The Morgan fingerprint density at radius 2 is 1.69 bits per heavy atom. The maximum absolute atomic E-state index is 12.9. The molecular weight excluding hydrogens is 424 g/mol. The second-order valence-electron chi connectivity index (χ2n) is 7.50. The number of nitrogens with zero attached hydrogens (tertiary/aromatic N) is 4. The number of thiophene rings is 1. The van der Waals surface area contributed by atoms with Crippen molar-refractivity contribution in [2.45, 2.75) is 6.54 Å². The van der Waals surface area contributed by atoms with Crippen LogP contribution in [0.2, 0.25) is 0 Å². The van der Waals surface area contributed by atoms with Gasteiger partial charge in [-0.2, -0.15) is 4.98 Å². The SMILES string of the molecule is O=C(c1ccc(Oc2ccccc2)cc1)N1CCN(Cc2nc(-c3cccs3)no2)CC1. The maximum Gasteiger partial charge on any atom is 0.253 e. The normalized spacial score (nSPS) is 14.4. The van der Waals surface area contributed by atoms with Gasteiger partial charge in [0, 0.05) is 31.7 Å². The molecule has 0 spiro atoms. The predicted molar refractivity (Wildman–Crippen MR) is 122 cm³/mol. The van der Waals surface area contributed by atoms with Gasteiger partial charge in [0.2, 0.25) is 11.7 Å². The van der Waals surface area contributed by atoms with Gasteiger partial charge in [-0.1, -0.05) is 29.4 Å². The van der Waals surface area contributed by atoms with Crippen molar-refractivity contribution in [1.29, 1.82) is 0 Å². The average molecular weight is 447 g/mol. The van der Waals surface area contributed by atoms with Crippen LogP contribution in [0.15, 0.2) is 76.6 Å². The molecule has 0 atom stereocenters. The Morgan fingerprint density at radius 1 is 0.938 bits per heavy atom. The fourth-order valence-electron chi connectivity index (χ4n) is 3.60. The van der Waals surface area contributed by atoms with E-state index in [0.29, 0.717) is 42.7 Å². The molecular formula is C24H22N4O3S. The fraction of sp³-hybridized carbons (Fsp3) is 0.208. The van der Waals surface area contributed by atoms with Crippen LogP contribution in [0, 0.1) is 0 Å². The molecule has 0 unspecified atom stereocenters. The molecule has 0 radical (unpaired) electrons. The van der Waals surface area contributed by atoms with Crippen molar-refractivity contribution in [3.63, 3.8) is 0 Å². The molecule has 1 aliphatic heterocycles. The number of carbonyl (C=O) groups excluding carboxylic acids is 1. The number of rotatable bonds is 6. The van der Waals surface area contributed by atoms with Crippen LogP contribution in [-0.4, -0.2) is 52.0 Å². The number of ether oxygens (including phenoxy) is 1. The highest BCUT2D eigenvalue weighted by atomic mass is 32.1. The van der Waals surface area contributed by atoms with Crippen molar-refractivity contribution in [3.05, 3.63) is 83.6 Å². The van der Waals surface area contributed by atoms with E-state index in [1.165, 1.54) is 0 Å². The molecule has 8 heteroatoms. The van der Waals surface area contributed by atoms with Crippen LogP contribution in [0.5, 0.6) is 11.5 Å². The van der Waals surface area contributed by atoms with Gasteiger partial charge < -0.3 is 14.2 Å². The molecule has 2 aromatic carbocycles. The highest BCUT2D eigenvalue weighted by molar-refractivity contribution is 7.13. The molecule has 1 fully saturated rings. The lowest BCUT2D eigenvalue weighted by Crippen LogP contribution is -2.48. The summed E-state index contributed by atoms with van der Waals surface area (Å²) in [6.45, 7) is 3.43. The van der Waals surface area contributed by atoms with Crippen LogP contribution >= 0.6 is 11.3 Å². The minimum atomic E-state index is 0.0358. The van der Waals surface area contributed by atoms with Gasteiger partial charge in [0.15, 0.2) is 0 Å². The van der Waals surface area contributed by atoms with Gasteiger partial charge in [-0.3, -0.25) is 9.69 Å². The van der Waals surface area contributed by atoms with Gasteiger partial charge in [-0.05, 0) is 47.8 Å². The Bertz CT molecular complexity index is 1150. The van der Waals surface area contributed by atoms with Gasteiger partial charge >= 0.3 is 0 Å². The largest absolute Gasteiger partial charge is 0.457 e. The second-order valence-corrected chi connectivity index (χ2v) is 8.44. The Morgan fingerprint density at radius 3 is 2.41 bits per heavy atom. The van der Waals surface area contributed by atoms with Crippen molar-refractivity contribution < 1.29 is 14.1 Å². The number of piperazine rings is 1. The van der Waals surface area contributed by atoms with Crippen LogP contribution in [-0.2, 0) is 6.54 Å². The molecule has 0 saturated carbocycles. The number of amides is 1. The van der Waals surface area contributed by atoms with Crippen molar-refractivity contribution >= 4 is 17.2 Å². The zero-order chi connectivity index (χ0) is 21.8. The average Bonchev–Trinajstić information content (AvgIpc) is 3.53. The van der Waals surface area contributed by atoms with E-state index in [1.54, 1.807) is 11.3 Å². The first-order valence-corrected chi connectivity index (χ1v) is 11.3. The Hall–Kier alpha value is -3.49. The van der Waals surface area contributed by atoms with Gasteiger partial charge in [0.05, 0.1) is 11.4 Å². The highest BCUT2D eigenvalue weighted by Crippen LogP contribution is 2.23. The topological polar surface area (TPSA) is 71.7 Å². The molecule has 3 heterocycles. The highest BCUT2D eigenvalue weighted by Gasteiger charge is 2.23. The van der Waals surface area contributed by atoms with Crippen molar-refractivity contribution in [1.82, 2.24) is 19.9 Å². The smallest absolute Gasteiger partial charge is 0.253 e. The van der Waals surface area contributed by atoms with Gasteiger partial charge in [0.25, 0.3) is 5.91 Å². The molecule has 32 heavy (non-hydrogen) atoms. The first kappa shape index (κ1) is 20.4. The third kappa shape index (κ3) is 4.71. The van der Waals surface area contributed by atoms with E-state index in [4.69, 9.17) is 9.26 Å². The predicted octanol–water partition coefficient (Wildman–Crippen LogP) is 4.55. The summed E-state index contributed by atoms with van der Waals surface area (Å²) in [4.78, 5) is 22.5. The third-order valence-electron chi connectivity index (χ3n) is 5.31. The molecule has 162 valence electrons. The molecule has 7 nitrogen and oxygen atoms in total. The number of para-hydroxylation sites is 1. The molecule has 0 N–H and O–H groups in total. The molecule has 0 aliphatic carbocycles. The Balaban J connectivity index is 1.13. The summed E-state index contributed by atoms with van der Waals surface area (Å²) in [5.41, 5.74) is 0.663. The van der Waals surface area contributed by atoms with Gasteiger partial charge in [-0.15, -0.1) is 11.3 Å². The number of hydrogen-bond acceptors (Lipinski definition) is 7. The van der Waals surface area contributed by atoms with Crippen molar-refractivity contribution in [2.75, 3.05) is 26.2 Å². The quantitative estimate of drug-likeness (QED) is 0.433. The van der Waals surface area contributed by atoms with Gasteiger partial charge in [0.1, 0.15) is 11.5 Å². The number of benzene rings is 2. The van der Waals surface area contributed by atoms with E-state index in [2.05, 4.69) is 15.0 Å². The molecule has 2 aromatic heterocycles. The Kier molecular flexibility index (Phi) is 5.96. The lowest BCUT2D eigenvalue weighted by molar-refractivity contribution is 0.0615. The molecule has 0 bridgehead atoms. The minimum absolute atomic E-state index is 0.0358. The van der Waals surface area contributed by atoms with E-state index in [9.17, 15) is 4.79 Å². The summed E-state index contributed by atoms with van der Waals surface area (Å²) >= 11 is 1.59. The lowest BCUT2D eigenvalue weighted by Gasteiger charge is -2.34. The van der Waals surface area contributed by atoms with Crippen LogP contribution in [0.3, 0.4) is 0 Å². The van der Waals surface area contributed by atoms with E-state index in [0.717, 1.165) is 23.7 Å². The summed E-state index contributed by atoms with van der Waals surface area (Å²) < 4.78 is 11.2. The second kappa shape index (κ2) is 9.33. The molecule has 5 rings (SSSR count). The number of carbonyl (C=O) groups is 1. The zero-order valence-electron chi connectivity index (χ0n) is 17.4. The molecule has 4 aromatic rings. The molecule has 1 amide bonds. The van der Waals surface area contributed by atoms with Crippen LogP contribution in [0.4, 0.5) is 0 Å². The maximum atomic E-state index is 12.9. The third-order valence-corrected chi connectivity index (χ3v) is 6.17. The summed E-state index contributed by atoms with van der Waals surface area (Å²) in [7, 11) is 0. The number of hydrogen-bond donors (Lipinski definition) is 0. The summed E-state index contributed by atoms with van der Waals surface area (Å²) in [6.07, 6.45) is 0. The lowest BCUT2D eigenvalue weighted by atomic mass is 10.1. The fourth-order valence-corrected chi connectivity index (χ4v) is 4.25. The standard InChI is InChI=1S/C24H22N4O3S/c29-24(18-8-10-20(11-9-18)30-19-5-2-1-3-6-19)28-14-12-27(13-15-28)17-22-25-23(26-31-22)21-7-4-16-32-21/h1-11,16H,12-15,17H2. The van der Waals surface area contributed by atoms with Crippen molar-refractivity contribution in [2.24, 2.45) is 0 Å². The summed E-state index contributed by atoms with van der Waals surface area (Å²) in [5, 5.41) is 6.05. The first-order valence-electron chi connectivity index (χ1n) is 10.5.